The first-order valence-electron chi connectivity index (χ1n) is 7.15. The number of nitrogens with zero attached hydrogens (tertiary/aromatic N) is 2. The molecule has 0 aromatic carbocycles. The zero-order valence-corrected chi connectivity index (χ0v) is 12.8. The van der Waals surface area contributed by atoms with Crippen LogP contribution >= 0.6 is 11.8 Å². The standard InChI is InChI=1S/C14H23N3OS/c1-4-10(5-2)12-8-16-14(19-12)17-9-13-15-7-11(6-3)18-13/h7,10,12H,4-6,8-9H2,1-3H3,(H,16,17). The molecule has 106 valence electrons. The first kappa shape index (κ1) is 14.4. The molecule has 1 N–H and O–H groups in total. The van der Waals surface area contributed by atoms with Gasteiger partial charge in [0.05, 0.1) is 19.3 Å². The Morgan fingerprint density at radius 1 is 1.42 bits per heavy atom. The fourth-order valence-corrected chi connectivity index (χ4v) is 3.61. The van der Waals surface area contributed by atoms with E-state index in [2.05, 4.69) is 36.1 Å². The summed E-state index contributed by atoms with van der Waals surface area (Å²) < 4.78 is 5.57. The summed E-state index contributed by atoms with van der Waals surface area (Å²) in [6, 6.07) is 0. The summed E-state index contributed by atoms with van der Waals surface area (Å²) in [5.41, 5.74) is 0. The van der Waals surface area contributed by atoms with E-state index in [-0.39, 0.29) is 0 Å². The summed E-state index contributed by atoms with van der Waals surface area (Å²) in [5, 5.41) is 4.99. The number of nitrogens with one attached hydrogen (secondary N) is 1. The molecule has 1 unspecified atom stereocenters. The second kappa shape index (κ2) is 6.98. The SMILES string of the molecule is CCc1cnc(CNC2=NCC(C(CC)CC)S2)o1. The van der Waals surface area contributed by atoms with Crippen molar-refractivity contribution in [3.63, 3.8) is 0 Å². The lowest BCUT2D eigenvalue weighted by atomic mass is 9.99. The normalized spacial score (nSPS) is 18.9. The molecule has 0 fully saturated rings. The molecule has 5 heteroatoms. The van der Waals surface area contributed by atoms with Crippen molar-refractivity contribution < 1.29 is 4.42 Å². The van der Waals surface area contributed by atoms with Gasteiger partial charge in [0.15, 0.2) is 5.17 Å². The number of aliphatic imine (C=N–C) groups is 1. The number of aryl methyl sites for hydroxylation is 1. The Kier molecular flexibility index (Phi) is 5.31. The molecule has 4 nitrogen and oxygen atoms in total. The second-order valence-electron chi connectivity index (χ2n) is 4.81. The van der Waals surface area contributed by atoms with Crippen LogP contribution in [0.5, 0.6) is 0 Å². The van der Waals surface area contributed by atoms with Crippen LogP contribution in [0.4, 0.5) is 0 Å². The first-order valence-corrected chi connectivity index (χ1v) is 8.03. The number of amidine groups is 1. The minimum absolute atomic E-state index is 0.626. The van der Waals surface area contributed by atoms with Crippen LogP contribution in [-0.4, -0.2) is 21.9 Å². The van der Waals surface area contributed by atoms with Crippen LogP contribution in [0.15, 0.2) is 15.6 Å². The molecule has 0 spiro atoms. The Hall–Kier alpha value is -0.970. The van der Waals surface area contributed by atoms with Gasteiger partial charge in [-0.3, -0.25) is 4.99 Å². The quantitative estimate of drug-likeness (QED) is 0.869. The highest BCUT2D eigenvalue weighted by Crippen LogP contribution is 2.30. The lowest BCUT2D eigenvalue weighted by Crippen LogP contribution is -2.21. The number of hydrogen-bond donors (Lipinski definition) is 1. The number of oxazole rings is 1. The van der Waals surface area contributed by atoms with Crippen molar-refractivity contribution in [2.24, 2.45) is 10.9 Å². The molecule has 1 atom stereocenters. The summed E-state index contributed by atoms with van der Waals surface area (Å²) in [6.45, 7) is 8.15. The first-order chi connectivity index (χ1) is 9.26. The van der Waals surface area contributed by atoms with Crippen molar-refractivity contribution in [2.45, 2.75) is 51.8 Å². The smallest absolute Gasteiger partial charge is 0.213 e. The maximum Gasteiger partial charge on any atom is 0.213 e. The van der Waals surface area contributed by atoms with Crippen molar-refractivity contribution >= 4 is 16.9 Å². The highest BCUT2D eigenvalue weighted by molar-refractivity contribution is 8.14. The van der Waals surface area contributed by atoms with E-state index < -0.39 is 0 Å². The Labute approximate surface area is 119 Å². The minimum atomic E-state index is 0.626. The van der Waals surface area contributed by atoms with Gasteiger partial charge < -0.3 is 9.73 Å². The lowest BCUT2D eigenvalue weighted by molar-refractivity contribution is 0.454. The average molecular weight is 281 g/mol. The molecule has 1 aromatic rings. The highest BCUT2D eigenvalue weighted by Gasteiger charge is 2.25. The van der Waals surface area contributed by atoms with Gasteiger partial charge in [0.25, 0.3) is 0 Å². The van der Waals surface area contributed by atoms with E-state index in [1.54, 1.807) is 6.20 Å². The third-order valence-electron chi connectivity index (χ3n) is 3.59. The third-order valence-corrected chi connectivity index (χ3v) is 4.93. The molecule has 0 saturated carbocycles. The van der Waals surface area contributed by atoms with E-state index in [4.69, 9.17) is 4.42 Å². The van der Waals surface area contributed by atoms with Gasteiger partial charge in [-0.15, -0.1) is 0 Å². The zero-order valence-electron chi connectivity index (χ0n) is 12.0. The molecule has 0 amide bonds. The van der Waals surface area contributed by atoms with Gasteiger partial charge in [0.2, 0.25) is 5.89 Å². The predicted octanol–water partition coefficient (Wildman–Crippen LogP) is 3.23. The van der Waals surface area contributed by atoms with Crippen LogP contribution in [0.3, 0.4) is 0 Å². The highest BCUT2D eigenvalue weighted by atomic mass is 32.2. The average Bonchev–Trinajstić information content (AvgIpc) is 3.06. The van der Waals surface area contributed by atoms with E-state index >= 15 is 0 Å². The fourth-order valence-electron chi connectivity index (χ4n) is 2.29. The zero-order chi connectivity index (χ0) is 13.7. The number of thioether (sulfide) groups is 1. The minimum Gasteiger partial charge on any atom is -0.444 e. The third kappa shape index (κ3) is 3.75. The van der Waals surface area contributed by atoms with Crippen LogP contribution in [0.2, 0.25) is 0 Å². The topological polar surface area (TPSA) is 50.4 Å². The van der Waals surface area contributed by atoms with Crippen molar-refractivity contribution in [1.29, 1.82) is 0 Å². The van der Waals surface area contributed by atoms with Gasteiger partial charge in [-0.05, 0) is 5.92 Å². The van der Waals surface area contributed by atoms with Crippen molar-refractivity contribution in [3.05, 3.63) is 17.8 Å². The maximum absolute atomic E-state index is 5.57. The van der Waals surface area contributed by atoms with Crippen molar-refractivity contribution in [1.82, 2.24) is 10.3 Å². The number of hydrogen-bond acceptors (Lipinski definition) is 5. The van der Waals surface area contributed by atoms with Crippen LogP contribution in [-0.2, 0) is 13.0 Å². The Morgan fingerprint density at radius 3 is 2.84 bits per heavy atom. The van der Waals surface area contributed by atoms with Gasteiger partial charge in [-0.1, -0.05) is 45.4 Å². The Balaban J connectivity index is 1.78. The molecular weight excluding hydrogens is 258 g/mol. The second-order valence-corrected chi connectivity index (χ2v) is 6.03. The summed E-state index contributed by atoms with van der Waals surface area (Å²) in [6.07, 6.45) is 5.15. The fraction of sp³-hybridized carbons (Fsp3) is 0.714. The molecule has 1 aliphatic rings. The molecule has 0 aliphatic carbocycles. The summed E-state index contributed by atoms with van der Waals surface area (Å²) >= 11 is 1.87. The Morgan fingerprint density at radius 2 is 2.21 bits per heavy atom. The molecule has 1 aromatic heterocycles. The van der Waals surface area contributed by atoms with Crippen molar-refractivity contribution in [2.75, 3.05) is 6.54 Å². The molecule has 1 aliphatic heterocycles. The van der Waals surface area contributed by atoms with Crippen LogP contribution in [0, 0.1) is 5.92 Å². The molecule has 0 radical (unpaired) electrons. The van der Waals surface area contributed by atoms with E-state index in [1.165, 1.54) is 12.8 Å². The van der Waals surface area contributed by atoms with Gasteiger partial charge in [0, 0.05) is 11.7 Å². The summed E-state index contributed by atoms with van der Waals surface area (Å²) in [5.74, 6) is 2.44. The van der Waals surface area contributed by atoms with Crippen molar-refractivity contribution in [3.8, 4) is 0 Å². The molecular formula is C14H23N3OS. The predicted molar refractivity (Wildman–Crippen MR) is 80.5 cm³/mol. The van der Waals surface area contributed by atoms with E-state index in [1.807, 2.05) is 11.8 Å². The number of aromatic nitrogens is 1. The van der Waals surface area contributed by atoms with E-state index in [0.717, 1.165) is 35.7 Å². The number of rotatable bonds is 6. The van der Waals surface area contributed by atoms with Gasteiger partial charge in [-0.2, -0.15) is 0 Å². The summed E-state index contributed by atoms with van der Waals surface area (Å²) in [7, 11) is 0. The van der Waals surface area contributed by atoms with Gasteiger partial charge in [-0.25, -0.2) is 4.98 Å². The van der Waals surface area contributed by atoms with Crippen LogP contribution in [0.1, 0.15) is 45.3 Å². The molecule has 2 rings (SSSR count). The molecule has 19 heavy (non-hydrogen) atoms. The molecule has 0 saturated heterocycles. The maximum atomic E-state index is 5.57. The van der Waals surface area contributed by atoms with Gasteiger partial charge in [0.1, 0.15) is 5.76 Å². The largest absolute Gasteiger partial charge is 0.444 e. The summed E-state index contributed by atoms with van der Waals surface area (Å²) in [4.78, 5) is 8.82. The molecule has 2 heterocycles. The van der Waals surface area contributed by atoms with E-state index in [0.29, 0.717) is 11.8 Å². The van der Waals surface area contributed by atoms with E-state index in [9.17, 15) is 0 Å². The Bertz CT molecular complexity index is 426. The van der Waals surface area contributed by atoms with Gasteiger partial charge >= 0.3 is 0 Å². The van der Waals surface area contributed by atoms with Crippen LogP contribution < -0.4 is 5.32 Å². The molecule has 0 bridgehead atoms. The monoisotopic (exact) mass is 281 g/mol. The lowest BCUT2D eigenvalue weighted by Gasteiger charge is -2.18. The van der Waals surface area contributed by atoms with Crippen LogP contribution in [0.25, 0.3) is 0 Å².